The van der Waals surface area contributed by atoms with Crippen LogP contribution in [0.1, 0.15) is 38.2 Å². The van der Waals surface area contributed by atoms with E-state index >= 15 is 0 Å². The molecular formula is C29H31BrClN3O4S. The lowest BCUT2D eigenvalue weighted by Crippen LogP contribution is -2.52. The third-order valence-corrected chi connectivity index (χ3v) is 9.33. The Kier molecular flexibility index (Phi) is 9.69. The number of amides is 2. The molecule has 0 bridgehead atoms. The smallest absolute Gasteiger partial charge is 0.264 e. The van der Waals surface area contributed by atoms with Crippen LogP contribution in [0, 0.1) is 0 Å². The van der Waals surface area contributed by atoms with Gasteiger partial charge in [0, 0.05) is 22.1 Å². The second-order valence-corrected chi connectivity index (χ2v) is 12.8. The van der Waals surface area contributed by atoms with E-state index < -0.39 is 28.5 Å². The van der Waals surface area contributed by atoms with Crippen molar-refractivity contribution < 1.29 is 18.0 Å². The number of carbonyl (C=O) groups excluding carboxylic acids is 2. The van der Waals surface area contributed by atoms with Crippen molar-refractivity contribution in [2.45, 2.75) is 56.1 Å². The predicted octanol–water partition coefficient (Wildman–Crippen LogP) is 5.77. The molecule has 1 aliphatic rings. The van der Waals surface area contributed by atoms with E-state index in [9.17, 15) is 18.0 Å². The standard InChI is InChI=1S/C29H31BrClN3O4S/c1-21(29(36)32-25-12-5-6-13-25)33(19-22-9-7-11-24(31)17-22)28(35)20-34(26-14-8-10-23(30)18-26)39(37,38)27-15-3-2-4-16-27/h2-4,7-11,14-18,21,25H,5-6,12-13,19-20H2,1H3,(H,32,36)/t21-/m0/s1. The lowest BCUT2D eigenvalue weighted by Gasteiger charge is -2.32. The molecule has 3 aromatic carbocycles. The van der Waals surface area contributed by atoms with E-state index in [-0.39, 0.29) is 23.4 Å². The number of nitrogens with one attached hydrogen (secondary N) is 1. The van der Waals surface area contributed by atoms with Gasteiger partial charge in [-0.3, -0.25) is 13.9 Å². The maximum atomic E-state index is 14.0. The van der Waals surface area contributed by atoms with Gasteiger partial charge in [0.1, 0.15) is 12.6 Å². The highest BCUT2D eigenvalue weighted by Crippen LogP contribution is 2.27. The minimum absolute atomic E-state index is 0.0613. The van der Waals surface area contributed by atoms with Crippen molar-refractivity contribution >= 4 is 55.1 Å². The number of benzene rings is 3. The maximum absolute atomic E-state index is 14.0. The second-order valence-electron chi connectivity index (χ2n) is 9.62. The molecule has 0 saturated heterocycles. The molecule has 2 amide bonds. The fourth-order valence-corrected chi connectivity index (χ4v) is 6.71. The first-order valence-corrected chi connectivity index (χ1v) is 15.4. The van der Waals surface area contributed by atoms with Crippen molar-refractivity contribution in [3.8, 4) is 0 Å². The molecule has 0 spiro atoms. The Morgan fingerprint density at radius 2 is 1.69 bits per heavy atom. The first-order valence-electron chi connectivity index (χ1n) is 12.8. The van der Waals surface area contributed by atoms with E-state index in [2.05, 4.69) is 21.2 Å². The van der Waals surface area contributed by atoms with Crippen LogP contribution in [0.2, 0.25) is 5.02 Å². The van der Waals surface area contributed by atoms with E-state index in [4.69, 9.17) is 11.6 Å². The lowest BCUT2D eigenvalue weighted by atomic mass is 10.1. The van der Waals surface area contributed by atoms with Crippen molar-refractivity contribution in [3.05, 3.63) is 93.9 Å². The molecule has 0 aliphatic heterocycles. The summed E-state index contributed by atoms with van der Waals surface area (Å²) in [4.78, 5) is 28.7. The Morgan fingerprint density at radius 1 is 1.00 bits per heavy atom. The highest BCUT2D eigenvalue weighted by Gasteiger charge is 2.33. The first-order chi connectivity index (χ1) is 18.6. The van der Waals surface area contributed by atoms with Gasteiger partial charge in [0.05, 0.1) is 10.6 Å². The summed E-state index contributed by atoms with van der Waals surface area (Å²) in [6, 6.07) is 21.1. The molecule has 3 aromatic rings. The van der Waals surface area contributed by atoms with Crippen molar-refractivity contribution in [3.63, 3.8) is 0 Å². The number of nitrogens with zero attached hydrogens (tertiary/aromatic N) is 2. The Balaban J connectivity index is 1.68. The molecule has 1 fully saturated rings. The lowest BCUT2D eigenvalue weighted by molar-refractivity contribution is -0.139. The first kappa shape index (κ1) is 29.1. The number of rotatable bonds is 10. The summed E-state index contributed by atoms with van der Waals surface area (Å²) < 4.78 is 29.3. The fourth-order valence-electron chi connectivity index (χ4n) is 4.69. The van der Waals surface area contributed by atoms with Crippen LogP contribution in [-0.2, 0) is 26.2 Å². The SMILES string of the molecule is C[C@@H](C(=O)NC1CCCC1)N(Cc1cccc(Cl)c1)C(=O)CN(c1cccc(Br)c1)S(=O)(=O)c1ccccc1. The van der Waals surface area contributed by atoms with E-state index in [0.29, 0.717) is 15.2 Å². The quantitative estimate of drug-likeness (QED) is 0.307. The summed E-state index contributed by atoms with van der Waals surface area (Å²) in [5.74, 6) is -0.777. The monoisotopic (exact) mass is 631 g/mol. The van der Waals surface area contributed by atoms with Crippen LogP contribution in [0.5, 0.6) is 0 Å². The molecule has 0 aromatic heterocycles. The zero-order valence-electron chi connectivity index (χ0n) is 21.6. The molecule has 1 aliphatic carbocycles. The number of halogens is 2. The molecule has 4 rings (SSSR count). The summed E-state index contributed by atoms with van der Waals surface area (Å²) in [5.41, 5.74) is 1.06. The number of hydrogen-bond acceptors (Lipinski definition) is 4. The molecule has 206 valence electrons. The molecule has 0 heterocycles. The van der Waals surface area contributed by atoms with E-state index in [0.717, 1.165) is 35.6 Å². The summed E-state index contributed by atoms with van der Waals surface area (Å²) in [6.07, 6.45) is 3.94. The van der Waals surface area contributed by atoms with Gasteiger partial charge in [0.25, 0.3) is 10.0 Å². The van der Waals surface area contributed by atoms with Gasteiger partial charge < -0.3 is 10.2 Å². The topological polar surface area (TPSA) is 86.8 Å². The summed E-state index contributed by atoms with van der Waals surface area (Å²) in [7, 11) is -4.10. The van der Waals surface area contributed by atoms with Crippen LogP contribution in [0.3, 0.4) is 0 Å². The number of hydrogen-bond donors (Lipinski definition) is 1. The largest absolute Gasteiger partial charge is 0.352 e. The third-order valence-electron chi connectivity index (χ3n) is 6.82. The fraction of sp³-hybridized carbons (Fsp3) is 0.310. The van der Waals surface area contributed by atoms with Gasteiger partial charge in [-0.05, 0) is 67.8 Å². The molecule has 39 heavy (non-hydrogen) atoms. The van der Waals surface area contributed by atoms with Gasteiger partial charge in [0.15, 0.2) is 0 Å². The third kappa shape index (κ3) is 7.41. The summed E-state index contributed by atoms with van der Waals surface area (Å²) in [6.45, 7) is 1.27. The minimum Gasteiger partial charge on any atom is -0.352 e. The van der Waals surface area contributed by atoms with Crippen LogP contribution in [0.15, 0.2) is 88.2 Å². The van der Waals surface area contributed by atoms with Crippen LogP contribution in [-0.4, -0.2) is 43.8 Å². The molecule has 1 saturated carbocycles. The van der Waals surface area contributed by atoms with E-state index in [1.54, 1.807) is 67.6 Å². The van der Waals surface area contributed by atoms with Crippen LogP contribution < -0.4 is 9.62 Å². The van der Waals surface area contributed by atoms with Crippen molar-refractivity contribution in [2.24, 2.45) is 0 Å². The predicted molar refractivity (Wildman–Crippen MR) is 157 cm³/mol. The van der Waals surface area contributed by atoms with Crippen molar-refractivity contribution in [2.75, 3.05) is 10.8 Å². The van der Waals surface area contributed by atoms with Crippen LogP contribution >= 0.6 is 27.5 Å². The average molecular weight is 633 g/mol. The van der Waals surface area contributed by atoms with Crippen LogP contribution in [0.25, 0.3) is 0 Å². The molecule has 0 unspecified atom stereocenters. The van der Waals surface area contributed by atoms with E-state index in [1.165, 1.54) is 17.0 Å². The van der Waals surface area contributed by atoms with Crippen molar-refractivity contribution in [1.82, 2.24) is 10.2 Å². The van der Waals surface area contributed by atoms with Gasteiger partial charge in [-0.1, -0.05) is 76.8 Å². The van der Waals surface area contributed by atoms with E-state index in [1.807, 2.05) is 6.07 Å². The normalized spacial score (nSPS) is 14.5. The van der Waals surface area contributed by atoms with Gasteiger partial charge in [-0.2, -0.15) is 0 Å². The molecule has 1 atom stereocenters. The van der Waals surface area contributed by atoms with Gasteiger partial charge in [0.2, 0.25) is 11.8 Å². The van der Waals surface area contributed by atoms with Gasteiger partial charge in [-0.25, -0.2) is 8.42 Å². The molecule has 1 N–H and O–H groups in total. The Labute approximate surface area is 243 Å². The molecule has 0 radical (unpaired) electrons. The molecule has 10 heteroatoms. The zero-order valence-corrected chi connectivity index (χ0v) is 24.8. The maximum Gasteiger partial charge on any atom is 0.264 e. The number of carbonyl (C=O) groups is 2. The number of sulfonamides is 1. The zero-order chi connectivity index (χ0) is 28.0. The summed E-state index contributed by atoms with van der Waals surface area (Å²) in [5, 5.41) is 3.57. The second kappa shape index (κ2) is 13.0. The minimum atomic E-state index is -4.10. The van der Waals surface area contributed by atoms with Gasteiger partial charge >= 0.3 is 0 Å². The Hall–Kier alpha value is -2.88. The average Bonchev–Trinajstić information content (AvgIpc) is 3.43. The summed E-state index contributed by atoms with van der Waals surface area (Å²) >= 11 is 9.60. The highest BCUT2D eigenvalue weighted by atomic mass is 79.9. The van der Waals surface area contributed by atoms with Crippen LogP contribution in [0.4, 0.5) is 5.69 Å². The van der Waals surface area contributed by atoms with Crippen molar-refractivity contribution in [1.29, 1.82) is 0 Å². The van der Waals surface area contributed by atoms with Gasteiger partial charge in [-0.15, -0.1) is 0 Å². The Morgan fingerprint density at radius 3 is 2.36 bits per heavy atom. The molecule has 7 nitrogen and oxygen atoms in total. The Bertz CT molecular complexity index is 1410. The molecular weight excluding hydrogens is 602 g/mol. The highest BCUT2D eigenvalue weighted by molar-refractivity contribution is 9.10. The number of anilines is 1.